The minimum Gasteiger partial charge on any atom is -0.493 e. The second-order valence-electron chi connectivity index (χ2n) is 6.85. The van der Waals surface area contributed by atoms with Gasteiger partial charge in [0.2, 0.25) is 0 Å². The Bertz CT molecular complexity index is 1010. The predicted octanol–water partition coefficient (Wildman–Crippen LogP) is 5.02. The summed E-state index contributed by atoms with van der Waals surface area (Å²) in [5.41, 5.74) is 5.63. The number of anilines is 3. The number of benzene rings is 2. The molecular weight excluding hydrogens is 366 g/mol. The third-order valence-electron chi connectivity index (χ3n) is 4.60. The summed E-state index contributed by atoms with van der Waals surface area (Å²) < 4.78 is 10.5. The van der Waals surface area contributed by atoms with Crippen LogP contribution in [-0.4, -0.2) is 25.1 Å². The Morgan fingerprint density at radius 2 is 1.59 bits per heavy atom. The lowest BCUT2D eigenvalue weighted by Crippen LogP contribution is -2.12. The molecule has 29 heavy (non-hydrogen) atoms. The van der Waals surface area contributed by atoms with Crippen molar-refractivity contribution < 1.29 is 14.3 Å². The van der Waals surface area contributed by atoms with Crippen LogP contribution in [0.25, 0.3) is 0 Å². The zero-order valence-corrected chi connectivity index (χ0v) is 17.3. The first-order valence-corrected chi connectivity index (χ1v) is 9.25. The van der Waals surface area contributed by atoms with Gasteiger partial charge in [-0.3, -0.25) is 4.79 Å². The molecule has 3 rings (SSSR count). The minimum absolute atomic E-state index is 0.251. The summed E-state index contributed by atoms with van der Waals surface area (Å²) >= 11 is 0. The molecule has 150 valence electrons. The van der Waals surface area contributed by atoms with Gasteiger partial charge in [0.05, 0.1) is 19.8 Å². The molecular formula is C23H25N3O3. The molecule has 2 aromatic carbocycles. The molecule has 0 saturated carbocycles. The van der Waals surface area contributed by atoms with Crippen LogP contribution in [0.3, 0.4) is 0 Å². The first-order valence-electron chi connectivity index (χ1n) is 9.25. The van der Waals surface area contributed by atoms with Gasteiger partial charge in [-0.05, 0) is 56.2 Å². The quantitative estimate of drug-likeness (QED) is 0.617. The van der Waals surface area contributed by atoms with Crippen LogP contribution >= 0.6 is 0 Å². The van der Waals surface area contributed by atoms with E-state index in [0.29, 0.717) is 28.6 Å². The van der Waals surface area contributed by atoms with Crippen LogP contribution in [0.4, 0.5) is 17.2 Å². The molecule has 0 bridgehead atoms. The molecule has 0 aliphatic carbocycles. The van der Waals surface area contributed by atoms with Crippen molar-refractivity contribution in [3.8, 4) is 11.5 Å². The van der Waals surface area contributed by atoms with Gasteiger partial charge < -0.3 is 20.1 Å². The van der Waals surface area contributed by atoms with E-state index in [2.05, 4.69) is 48.5 Å². The van der Waals surface area contributed by atoms with Crippen LogP contribution in [0.15, 0.2) is 48.7 Å². The van der Waals surface area contributed by atoms with Crippen molar-refractivity contribution in [2.45, 2.75) is 20.8 Å². The molecule has 2 N–H and O–H groups in total. The topological polar surface area (TPSA) is 72.5 Å². The zero-order chi connectivity index (χ0) is 21.0. The zero-order valence-electron chi connectivity index (χ0n) is 17.3. The molecule has 0 atom stereocenters. The summed E-state index contributed by atoms with van der Waals surface area (Å²) in [5.74, 6) is 1.58. The first kappa shape index (κ1) is 20.2. The highest BCUT2D eigenvalue weighted by atomic mass is 16.5. The van der Waals surface area contributed by atoms with Crippen molar-refractivity contribution in [2.24, 2.45) is 0 Å². The van der Waals surface area contributed by atoms with Crippen LogP contribution < -0.4 is 20.1 Å². The lowest BCUT2D eigenvalue weighted by atomic mass is 10.1. The number of methoxy groups -OCH3 is 2. The average Bonchev–Trinajstić information content (AvgIpc) is 2.71. The van der Waals surface area contributed by atoms with E-state index in [1.807, 2.05) is 0 Å². The summed E-state index contributed by atoms with van der Waals surface area (Å²) in [5, 5.41) is 6.18. The second kappa shape index (κ2) is 8.65. The molecule has 6 heteroatoms. The van der Waals surface area contributed by atoms with Gasteiger partial charge in [0.25, 0.3) is 5.91 Å². The molecule has 0 unspecified atom stereocenters. The Morgan fingerprint density at radius 1 is 0.897 bits per heavy atom. The molecule has 3 aromatic rings. The summed E-state index contributed by atoms with van der Waals surface area (Å²) in [6.07, 6.45) is 1.55. The number of ether oxygens (including phenoxy) is 2. The summed E-state index contributed by atoms with van der Waals surface area (Å²) in [4.78, 5) is 16.9. The van der Waals surface area contributed by atoms with Crippen molar-refractivity contribution in [1.82, 2.24) is 4.98 Å². The van der Waals surface area contributed by atoms with E-state index in [4.69, 9.17) is 9.47 Å². The van der Waals surface area contributed by atoms with Gasteiger partial charge in [0.1, 0.15) is 5.82 Å². The molecule has 0 aliphatic rings. The van der Waals surface area contributed by atoms with E-state index in [0.717, 1.165) is 16.8 Å². The highest BCUT2D eigenvalue weighted by Gasteiger charge is 2.11. The van der Waals surface area contributed by atoms with Crippen LogP contribution in [0.1, 0.15) is 27.0 Å². The Balaban J connectivity index is 1.72. The molecule has 1 heterocycles. The number of hydrogen-bond acceptors (Lipinski definition) is 5. The van der Waals surface area contributed by atoms with Gasteiger partial charge >= 0.3 is 0 Å². The highest BCUT2D eigenvalue weighted by molar-refractivity contribution is 6.04. The first-order chi connectivity index (χ1) is 13.9. The fraction of sp³-hybridized carbons (Fsp3) is 0.217. The maximum atomic E-state index is 12.5. The number of aromatic nitrogens is 1. The summed E-state index contributed by atoms with van der Waals surface area (Å²) in [7, 11) is 3.12. The number of amides is 1. The number of rotatable bonds is 6. The van der Waals surface area contributed by atoms with E-state index in [-0.39, 0.29) is 5.91 Å². The molecule has 0 spiro atoms. The molecule has 6 nitrogen and oxygen atoms in total. The maximum absolute atomic E-state index is 12.5. The summed E-state index contributed by atoms with van der Waals surface area (Å²) in [6, 6.07) is 13.0. The third kappa shape index (κ3) is 4.66. The Labute approximate surface area is 170 Å². The molecule has 1 amide bonds. The standard InChI is InChI=1S/C23H25N3O3/c1-14-10-15(2)22(16(3)11-14)26-21-9-6-17(13-24-21)23(27)25-18-7-8-19(28-4)20(12-18)29-5/h6-13H,1-5H3,(H,24,26)(H,25,27). The number of pyridine rings is 1. The number of hydrogen-bond donors (Lipinski definition) is 2. The van der Waals surface area contributed by atoms with Crippen molar-refractivity contribution in [2.75, 3.05) is 24.9 Å². The van der Waals surface area contributed by atoms with Crippen LogP contribution in [0.5, 0.6) is 11.5 Å². The van der Waals surface area contributed by atoms with Crippen molar-refractivity contribution in [3.63, 3.8) is 0 Å². The van der Waals surface area contributed by atoms with Crippen LogP contribution in [0, 0.1) is 20.8 Å². The fourth-order valence-corrected chi connectivity index (χ4v) is 3.22. The smallest absolute Gasteiger partial charge is 0.257 e. The van der Waals surface area contributed by atoms with Gasteiger partial charge in [-0.25, -0.2) is 4.98 Å². The molecule has 0 fully saturated rings. The number of aryl methyl sites for hydroxylation is 3. The third-order valence-corrected chi connectivity index (χ3v) is 4.60. The van der Waals surface area contributed by atoms with E-state index < -0.39 is 0 Å². The van der Waals surface area contributed by atoms with E-state index >= 15 is 0 Å². The van der Waals surface area contributed by atoms with Gasteiger partial charge in [-0.15, -0.1) is 0 Å². The Hall–Kier alpha value is -3.54. The molecule has 0 saturated heterocycles. The number of carbonyl (C=O) groups excluding carboxylic acids is 1. The number of nitrogens with zero attached hydrogens (tertiary/aromatic N) is 1. The highest BCUT2D eigenvalue weighted by Crippen LogP contribution is 2.30. The van der Waals surface area contributed by atoms with Crippen LogP contribution in [0.2, 0.25) is 0 Å². The van der Waals surface area contributed by atoms with Crippen molar-refractivity contribution >= 4 is 23.1 Å². The monoisotopic (exact) mass is 391 g/mol. The van der Waals surface area contributed by atoms with E-state index in [1.54, 1.807) is 50.7 Å². The number of nitrogens with one attached hydrogen (secondary N) is 2. The lowest BCUT2D eigenvalue weighted by Gasteiger charge is -2.14. The average molecular weight is 391 g/mol. The molecule has 1 aromatic heterocycles. The SMILES string of the molecule is COc1ccc(NC(=O)c2ccc(Nc3c(C)cc(C)cc3C)nc2)cc1OC. The lowest BCUT2D eigenvalue weighted by molar-refractivity contribution is 0.102. The minimum atomic E-state index is -0.251. The van der Waals surface area contributed by atoms with Gasteiger partial charge in [0, 0.05) is 23.6 Å². The van der Waals surface area contributed by atoms with E-state index in [1.165, 1.54) is 5.56 Å². The number of carbonyl (C=O) groups is 1. The van der Waals surface area contributed by atoms with Gasteiger partial charge in [-0.2, -0.15) is 0 Å². The van der Waals surface area contributed by atoms with Gasteiger partial charge in [0.15, 0.2) is 11.5 Å². The fourth-order valence-electron chi connectivity index (χ4n) is 3.22. The predicted molar refractivity (Wildman–Crippen MR) is 116 cm³/mol. The molecule has 0 aliphatic heterocycles. The summed E-state index contributed by atoms with van der Waals surface area (Å²) in [6.45, 7) is 6.20. The molecule has 0 radical (unpaired) electrons. The largest absolute Gasteiger partial charge is 0.493 e. The normalized spacial score (nSPS) is 10.4. The van der Waals surface area contributed by atoms with Crippen molar-refractivity contribution in [1.29, 1.82) is 0 Å². The Kier molecular flexibility index (Phi) is 6.02. The van der Waals surface area contributed by atoms with Crippen molar-refractivity contribution in [3.05, 3.63) is 70.9 Å². The van der Waals surface area contributed by atoms with Crippen LogP contribution in [-0.2, 0) is 0 Å². The second-order valence-corrected chi connectivity index (χ2v) is 6.85. The van der Waals surface area contributed by atoms with Gasteiger partial charge in [-0.1, -0.05) is 17.7 Å². The maximum Gasteiger partial charge on any atom is 0.257 e. The Morgan fingerprint density at radius 3 is 2.17 bits per heavy atom. The van der Waals surface area contributed by atoms with E-state index in [9.17, 15) is 4.79 Å².